The summed E-state index contributed by atoms with van der Waals surface area (Å²) in [7, 11) is 4.12. The Labute approximate surface area is 174 Å². The largest absolute Gasteiger partial charge is 0.373 e. The fraction of sp³-hybridized carbons (Fsp3) is 0.696. The molecule has 0 unspecified atom stereocenters. The van der Waals surface area contributed by atoms with Crippen molar-refractivity contribution in [3.8, 4) is 0 Å². The van der Waals surface area contributed by atoms with Gasteiger partial charge in [-0.25, -0.2) is 9.97 Å². The Kier molecular flexibility index (Phi) is 5.91. The summed E-state index contributed by atoms with van der Waals surface area (Å²) in [6, 6.07) is 0. The van der Waals surface area contributed by atoms with Crippen molar-refractivity contribution in [3.05, 3.63) is 28.2 Å². The van der Waals surface area contributed by atoms with Crippen LogP contribution in [0.25, 0.3) is 0 Å². The van der Waals surface area contributed by atoms with Gasteiger partial charge in [0.1, 0.15) is 11.6 Å². The zero-order valence-electron chi connectivity index (χ0n) is 18.4. The van der Waals surface area contributed by atoms with Crippen LogP contribution in [0.15, 0.2) is 11.1 Å². The normalized spacial score (nSPS) is 23.9. The number of rotatable bonds is 3. The molecule has 0 spiro atoms. The van der Waals surface area contributed by atoms with Crippen molar-refractivity contribution >= 4 is 11.7 Å². The first-order valence-electron chi connectivity index (χ1n) is 11.2. The van der Waals surface area contributed by atoms with E-state index in [1.165, 1.54) is 16.7 Å². The summed E-state index contributed by atoms with van der Waals surface area (Å²) < 4.78 is 0. The first-order valence-corrected chi connectivity index (χ1v) is 11.2. The lowest BCUT2D eigenvalue weighted by molar-refractivity contribution is -0.136. The fourth-order valence-electron chi connectivity index (χ4n) is 5.01. The first-order chi connectivity index (χ1) is 14.0. The lowest BCUT2D eigenvalue weighted by atomic mass is 9.84. The Hall–Kier alpha value is -1.95. The number of nitrogens with one attached hydrogen (secondary N) is 1. The van der Waals surface area contributed by atoms with Crippen molar-refractivity contribution < 1.29 is 4.79 Å². The molecule has 1 N–H and O–H groups in total. The lowest BCUT2D eigenvalue weighted by Crippen LogP contribution is -2.41. The molecule has 1 atom stereocenters. The third-order valence-electron chi connectivity index (χ3n) is 7.21. The number of carbonyl (C=O) groups excluding carboxylic acids is 1. The van der Waals surface area contributed by atoms with E-state index in [1.807, 2.05) is 11.9 Å². The second-order valence-electron chi connectivity index (χ2n) is 9.19. The van der Waals surface area contributed by atoms with Gasteiger partial charge in [-0.2, -0.15) is 0 Å². The highest BCUT2D eigenvalue weighted by atomic mass is 16.2. The van der Waals surface area contributed by atoms with Crippen LogP contribution in [0.1, 0.15) is 69.0 Å². The van der Waals surface area contributed by atoms with E-state index in [0.29, 0.717) is 18.4 Å². The van der Waals surface area contributed by atoms with Crippen LogP contribution in [0.5, 0.6) is 0 Å². The Morgan fingerprint density at radius 1 is 1.03 bits per heavy atom. The molecule has 0 radical (unpaired) electrons. The SMILES string of the molecule is CNc1nc(C2CCN(C)CC2)nc2c1CCN(C(=O)[C@H]1CCC(C)=C(C)C1)C2. The summed E-state index contributed by atoms with van der Waals surface area (Å²) in [5, 5.41) is 3.29. The maximum atomic E-state index is 13.2. The van der Waals surface area contributed by atoms with Gasteiger partial charge in [0.05, 0.1) is 12.2 Å². The molecule has 1 fully saturated rings. The smallest absolute Gasteiger partial charge is 0.226 e. The zero-order valence-corrected chi connectivity index (χ0v) is 18.4. The van der Waals surface area contributed by atoms with Gasteiger partial charge in [0.15, 0.2) is 0 Å². The summed E-state index contributed by atoms with van der Waals surface area (Å²) in [4.78, 5) is 27.5. The van der Waals surface area contributed by atoms with Gasteiger partial charge in [-0.3, -0.25) is 4.79 Å². The minimum atomic E-state index is 0.138. The van der Waals surface area contributed by atoms with Crippen molar-refractivity contribution in [1.29, 1.82) is 0 Å². The van der Waals surface area contributed by atoms with E-state index >= 15 is 0 Å². The van der Waals surface area contributed by atoms with E-state index in [4.69, 9.17) is 9.97 Å². The average molecular weight is 398 g/mol. The highest BCUT2D eigenvalue weighted by Crippen LogP contribution is 2.33. The van der Waals surface area contributed by atoms with Crippen LogP contribution in [0.2, 0.25) is 0 Å². The minimum absolute atomic E-state index is 0.138. The van der Waals surface area contributed by atoms with Crippen molar-refractivity contribution in [1.82, 2.24) is 19.8 Å². The number of allylic oxidation sites excluding steroid dienone is 2. The highest BCUT2D eigenvalue weighted by Gasteiger charge is 2.32. The molecule has 0 aromatic carbocycles. The van der Waals surface area contributed by atoms with Gasteiger partial charge in [-0.1, -0.05) is 11.1 Å². The summed E-state index contributed by atoms with van der Waals surface area (Å²) in [5.41, 5.74) is 5.12. The van der Waals surface area contributed by atoms with Gasteiger partial charge in [0, 0.05) is 31.0 Å². The number of hydrogen-bond acceptors (Lipinski definition) is 5. The number of fused-ring (bicyclic) bond motifs is 1. The summed E-state index contributed by atoms with van der Waals surface area (Å²) in [6.45, 7) is 7.98. The molecule has 1 aliphatic carbocycles. The lowest BCUT2D eigenvalue weighted by Gasteiger charge is -2.34. The van der Waals surface area contributed by atoms with Crippen LogP contribution in [0.3, 0.4) is 0 Å². The number of hydrogen-bond donors (Lipinski definition) is 1. The maximum absolute atomic E-state index is 13.2. The second kappa shape index (κ2) is 8.42. The van der Waals surface area contributed by atoms with Crippen LogP contribution < -0.4 is 5.32 Å². The molecule has 0 saturated carbocycles. The number of amides is 1. The third-order valence-corrected chi connectivity index (χ3v) is 7.21. The van der Waals surface area contributed by atoms with Gasteiger partial charge in [-0.05, 0) is 72.5 Å². The molecule has 2 aliphatic heterocycles. The molecule has 1 aromatic heterocycles. The molecule has 1 amide bonds. The Bertz CT molecular complexity index is 810. The standard InChI is InChI=1S/C23H35N5O/c1-15-5-6-18(13-16(15)2)23(29)28-12-9-19-20(14-28)25-21(26-22(19)24-3)17-7-10-27(4)11-8-17/h17-18H,5-14H2,1-4H3,(H,24,25,26)/t18-/m0/s1. The fourth-order valence-corrected chi connectivity index (χ4v) is 5.01. The number of likely N-dealkylation sites (tertiary alicyclic amines) is 1. The predicted molar refractivity (Wildman–Crippen MR) is 116 cm³/mol. The van der Waals surface area contributed by atoms with Gasteiger partial charge in [-0.15, -0.1) is 0 Å². The average Bonchev–Trinajstić information content (AvgIpc) is 2.74. The highest BCUT2D eigenvalue weighted by molar-refractivity contribution is 5.80. The van der Waals surface area contributed by atoms with Crippen molar-refractivity contribution in [3.63, 3.8) is 0 Å². The van der Waals surface area contributed by atoms with E-state index in [-0.39, 0.29) is 5.92 Å². The molecule has 29 heavy (non-hydrogen) atoms. The maximum Gasteiger partial charge on any atom is 0.226 e. The number of anilines is 1. The second-order valence-corrected chi connectivity index (χ2v) is 9.19. The van der Waals surface area contributed by atoms with Gasteiger partial charge in [0.2, 0.25) is 5.91 Å². The molecule has 4 rings (SSSR count). The van der Waals surface area contributed by atoms with Crippen LogP contribution in [0, 0.1) is 5.92 Å². The Balaban J connectivity index is 1.53. The van der Waals surface area contributed by atoms with Crippen LogP contribution in [0.4, 0.5) is 5.82 Å². The molecule has 158 valence electrons. The molecular weight excluding hydrogens is 362 g/mol. The van der Waals surface area contributed by atoms with Crippen molar-refractivity contribution in [2.24, 2.45) is 5.92 Å². The third kappa shape index (κ3) is 4.18. The van der Waals surface area contributed by atoms with E-state index < -0.39 is 0 Å². The number of carbonyl (C=O) groups is 1. The van der Waals surface area contributed by atoms with E-state index in [0.717, 1.165) is 75.5 Å². The zero-order chi connectivity index (χ0) is 20.5. The van der Waals surface area contributed by atoms with Gasteiger partial charge in [0.25, 0.3) is 0 Å². The number of aromatic nitrogens is 2. The molecule has 1 saturated heterocycles. The Morgan fingerprint density at radius 2 is 1.79 bits per heavy atom. The van der Waals surface area contributed by atoms with Crippen LogP contribution in [-0.4, -0.2) is 59.4 Å². The van der Waals surface area contributed by atoms with Crippen LogP contribution in [-0.2, 0) is 17.8 Å². The topological polar surface area (TPSA) is 61.4 Å². The molecule has 1 aromatic rings. The van der Waals surface area contributed by atoms with E-state index in [2.05, 4.69) is 31.1 Å². The van der Waals surface area contributed by atoms with Crippen molar-refractivity contribution in [2.45, 2.75) is 64.8 Å². The molecule has 6 nitrogen and oxygen atoms in total. The number of nitrogens with zero attached hydrogens (tertiary/aromatic N) is 4. The van der Waals surface area contributed by atoms with E-state index in [1.54, 1.807) is 0 Å². The quantitative estimate of drug-likeness (QED) is 0.793. The first kappa shape index (κ1) is 20.3. The van der Waals surface area contributed by atoms with Crippen LogP contribution >= 0.6 is 0 Å². The van der Waals surface area contributed by atoms with Gasteiger partial charge >= 0.3 is 0 Å². The molecular formula is C23H35N5O. The molecule has 3 aliphatic rings. The summed E-state index contributed by atoms with van der Waals surface area (Å²) in [5.74, 6) is 2.79. The van der Waals surface area contributed by atoms with Crippen molar-refractivity contribution in [2.75, 3.05) is 39.0 Å². The molecule has 6 heteroatoms. The summed E-state index contributed by atoms with van der Waals surface area (Å²) in [6.07, 6.45) is 6.00. The molecule has 3 heterocycles. The number of piperidine rings is 1. The predicted octanol–water partition coefficient (Wildman–Crippen LogP) is 3.35. The monoisotopic (exact) mass is 397 g/mol. The minimum Gasteiger partial charge on any atom is -0.373 e. The van der Waals surface area contributed by atoms with E-state index in [9.17, 15) is 4.79 Å². The van der Waals surface area contributed by atoms with Gasteiger partial charge < -0.3 is 15.1 Å². The summed E-state index contributed by atoms with van der Waals surface area (Å²) >= 11 is 0. The Morgan fingerprint density at radius 3 is 2.48 bits per heavy atom. The molecule has 0 bridgehead atoms.